The van der Waals surface area contributed by atoms with Crippen LogP contribution < -0.4 is 5.32 Å². The lowest BCUT2D eigenvalue weighted by Gasteiger charge is -2.35. The van der Waals surface area contributed by atoms with Crippen molar-refractivity contribution in [1.82, 2.24) is 14.5 Å². The summed E-state index contributed by atoms with van der Waals surface area (Å²) in [7, 11) is -3.25. The van der Waals surface area contributed by atoms with Gasteiger partial charge in [0.1, 0.15) is 0 Å². The Hall–Kier alpha value is -1.48. The molecule has 1 aromatic rings. The molecule has 7 nitrogen and oxygen atoms in total. The lowest BCUT2D eigenvalue weighted by molar-refractivity contribution is -0.126. The number of morpholine rings is 1. The largest absolute Gasteiger partial charge is 0.379 e. The van der Waals surface area contributed by atoms with Crippen molar-refractivity contribution in [2.45, 2.75) is 18.9 Å². The van der Waals surface area contributed by atoms with Gasteiger partial charge in [0.25, 0.3) is 0 Å². The fraction of sp³-hybridized carbons (Fsp3) is 0.632. The zero-order chi connectivity index (χ0) is 19.3. The van der Waals surface area contributed by atoms with Gasteiger partial charge in [-0.1, -0.05) is 30.3 Å². The number of nitrogens with zero attached hydrogens (tertiary/aromatic N) is 2. The molecule has 27 heavy (non-hydrogen) atoms. The molecular weight excluding hydrogens is 366 g/mol. The number of ether oxygens (including phenoxy) is 1. The highest BCUT2D eigenvalue weighted by Gasteiger charge is 2.31. The molecule has 150 valence electrons. The molecule has 0 aliphatic carbocycles. The van der Waals surface area contributed by atoms with Gasteiger partial charge in [-0.3, -0.25) is 9.69 Å². The van der Waals surface area contributed by atoms with Crippen molar-refractivity contribution < 1.29 is 17.9 Å². The number of piperidine rings is 1. The van der Waals surface area contributed by atoms with E-state index in [1.165, 1.54) is 16.1 Å². The van der Waals surface area contributed by atoms with Crippen molar-refractivity contribution >= 4 is 15.9 Å². The number of nitrogens with one attached hydrogen (secondary N) is 1. The number of benzene rings is 1. The fourth-order valence-corrected chi connectivity index (χ4v) is 4.73. The quantitative estimate of drug-likeness (QED) is 0.773. The number of amides is 1. The predicted molar refractivity (Wildman–Crippen MR) is 104 cm³/mol. The van der Waals surface area contributed by atoms with Crippen molar-refractivity contribution in [3.8, 4) is 0 Å². The van der Waals surface area contributed by atoms with Crippen LogP contribution in [0, 0.1) is 5.92 Å². The molecule has 1 N–H and O–H groups in total. The van der Waals surface area contributed by atoms with E-state index in [-0.39, 0.29) is 24.4 Å². The molecule has 0 bridgehead atoms. The maximum atomic E-state index is 12.7. The van der Waals surface area contributed by atoms with Gasteiger partial charge in [0.15, 0.2) is 0 Å². The molecular formula is C19H29N3O4S. The van der Waals surface area contributed by atoms with E-state index in [0.717, 1.165) is 25.9 Å². The first kappa shape index (κ1) is 20.3. The van der Waals surface area contributed by atoms with Gasteiger partial charge in [-0.2, -0.15) is 0 Å². The standard InChI is InChI=1S/C19H29N3O4S/c1-27(24,25)22-9-5-8-17(15-22)19(23)20-14-18(16-6-3-2-4-7-16)21-10-12-26-13-11-21/h2-4,6-7,17-18H,5,8-15H2,1H3,(H,20,23). The Morgan fingerprint density at radius 2 is 1.93 bits per heavy atom. The second-order valence-corrected chi connectivity index (χ2v) is 9.26. The van der Waals surface area contributed by atoms with Crippen molar-refractivity contribution in [2.75, 3.05) is 52.2 Å². The minimum Gasteiger partial charge on any atom is -0.379 e. The summed E-state index contributed by atoms with van der Waals surface area (Å²) < 4.78 is 30.4. The number of sulfonamides is 1. The summed E-state index contributed by atoms with van der Waals surface area (Å²) in [5.74, 6) is -0.341. The van der Waals surface area contributed by atoms with E-state index in [1.807, 2.05) is 18.2 Å². The van der Waals surface area contributed by atoms with Crippen LogP contribution in [0.15, 0.2) is 30.3 Å². The second kappa shape index (κ2) is 9.14. The van der Waals surface area contributed by atoms with Crippen LogP contribution in [0.1, 0.15) is 24.4 Å². The monoisotopic (exact) mass is 395 g/mol. The molecule has 2 saturated heterocycles. The van der Waals surface area contributed by atoms with Crippen LogP contribution in [-0.4, -0.2) is 75.7 Å². The van der Waals surface area contributed by atoms with Gasteiger partial charge in [-0.25, -0.2) is 12.7 Å². The maximum absolute atomic E-state index is 12.7. The van der Waals surface area contributed by atoms with Crippen LogP contribution in [0.25, 0.3) is 0 Å². The number of hydrogen-bond donors (Lipinski definition) is 1. The molecule has 1 aromatic carbocycles. The van der Waals surface area contributed by atoms with Gasteiger partial charge < -0.3 is 10.1 Å². The average Bonchev–Trinajstić information content (AvgIpc) is 2.69. The third kappa shape index (κ3) is 5.51. The van der Waals surface area contributed by atoms with Gasteiger partial charge in [0, 0.05) is 32.7 Å². The molecule has 0 spiro atoms. The van der Waals surface area contributed by atoms with Gasteiger partial charge in [-0.15, -0.1) is 0 Å². The Morgan fingerprint density at radius 1 is 1.22 bits per heavy atom. The minimum atomic E-state index is -3.25. The van der Waals surface area contributed by atoms with Gasteiger partial charge in [-0.05, 0) is 18.4 Å². The first-order chi connectivity index (χ1) is 12.9. The number of carbonyl (C=O) groups excluding carboxylic acids is 1. The normalized spacial score (nSPS) is 23.7. The van der Waals surface area contributed by atoms with Crippen LogP contribution >= 0.6 is 0 Å². The molecule has 1 amide bonds. The molecule has 0 aromatic heterocycles. The summed E-state index contributed by atoms with van der Waals surface area (Å²) in [5.41, 5.74) is 1.17. The Balaban J connectivity index is 1.63. The van der Waals surface area contributed by atoms with E-state index < -0.39 is 10.0 Å². The van der Waals surface area contributed by atoms with Crippen LogP contribution in [0.2, 0.25) is 0 Å². The van der Waals surface area contributed by atoms with E-state index in [4.69, 9.17) is 4.74 Å². The second-order valence-electron chi connectivity index (χ2n) is 7.28. The molecule has 8 heteroatoms. The average molecular weight is 396 g/mol. The van der Waals surface area contributed by atoms with Crippen LogP contribution in [0.4, 0.5) is 0 Å². The van der Waals surface area contributed by atoms with Gasteiger partial charge in [0.05, 0.1) is 31.4 Å². The van der Waals surface area contributed by atoms with Crippen LogP contribution in [0.5, 0.6) is 0 Å². The lowest BCUT2D eigenvalue weighted by atomic mass is 9.98. The highest BCUT2D eigenvalue weighted by molar-refractivity contribution is 7.88. The third-order valence-corrected chi connectivity index (χ3v) is 6.63. The van der Waals surface area contributed by atoms with Crippen molar-refractivity contribution in [3.05, 3.63) is 35.9 Å². The third-order valence-electron chi connectivity index (χ3n) is 5.36. The molecule has 2 heterocycles. The van der Waals surface area contributed by atoms with E-state index in [1.54, 1.807) is 0 Å². The first-order valence-corrected chi connectivity index (χ1v) is 11.4. The first-order valence-electron chi connectivity index (χ1n) is 9.55. The Labute approximate surface area is 161 Å². The van der Waals surface area contributed by atoms with E-state index in [0.29, 0.717) is 26.3 Å². The zero-order valence-corrected chi connectivity index (χ0v) is 16.7. The van der Waals surface area contributed by atoms with Crippen LogP contribution in [0.3, 0.4) is 0 Å². The molecule has 2 atom stereocenters. The van der Waals surface area contributed by atoms with Crippen LogP contribution in [-0.2, 0) is 19.6 Å². The smallest absolute Gasteiger partial charge is 0.224 e. The summed E-state index contributed by atoms with van der Waals surface area (Å²) in [5, 5.41) is 3.08. The Kier molecular flexibility index (Phi) is 6.86. The summed E-state index contributed by atoms with van der Waals surface area (Å²) in [6.45, 7) is 4.35. The predicted octanol–water partition coefficient (Wildman–Crippen LogP) is 0.848. The molecule has 2 aliphatic heterocycles. The number of hydrogen-bond acceptors (Lipinski definition) is 5. The molecule has 2 aliphatic rings. The SMILES string of the molecule is CS(=O)(=O)N1CCCC(C(=O)NCC(c2ccccc2)N2CCOCC2)C1. The summed E-state index contributed by atoms with van der Waals surface area (Å²) in [6.07, 6.45) is 2.65. The van der Waals surface area contributed by atoms with Crippen molar-refractivity contribution in [2.24, 2.45) is 5.92 Å². The maximum Gasteiger partial charge on any atom is 0.224 e. The lowest BCUT2D eigenvalue weighted by Crippen LogP contribution is -2.48. The summed E-state index contributed by atoms with van der Waals surface area (Å²) in [6, 6.07) is 10.3. The fourth-order valence-electron chi connectivity index (χ4n) is 3.82. The van der Waals surface area contributed by atoms with E-state index in [2.05, 4.69) is 22.3 Å². The van der Waals surface area contributed by atoms with E-state index in [9.17, 15) is 13.2 Å². The molecule has 3 rings (SSSR count). The Bertz CT molecular complexity index is 720. The minimum absolute atomic E-state index is 0.0578. The summed E-state index contributed by atoms with van der Waals surface area (Å²) in [4.78, 5) is 15.0. The molecule has 2 fully saturated rings. The van der Waals surface area contributed by atoms with E-state index >= 15 is 0 Å². The highest BCUT2D eigenvalue weighted by Crippen LogP contribution is 2.22. The van der Waals surface area contributed by atoms with Crippen molar-refractivity contribution in [3.63, 3.8) is 0 Å². The number of rotatable bonds is 6. The van der Waals surface area contributed by atoms with Gasteiger partial charge >= 0.3 is 0 Å². The highest BCUT2D eigenvalue weighted by atomic mass is 32.2. The Morgan fingerprint density at radius 3 is 2.59 bits per heavy atom. The number of carbonyl (C=O) groups is 1. The topological polar surface area (TPSA) is 79.0 Å². The molecule has 2 unspecified atom stereocenters. The van der Waals surface area contributed by atoms with Gasteiger partial charge in [0.2, 0.25) is 15.9 Å². The zero-order valence-electron chi connectivity index (χ0n) is 15.8. The molecule has 0 saturated carbocycles. The van der Waals surface area contributed by atoms with Crippen molar-refractivity contribution in [1.29, 1.82) is 0 Å². The summed E-state index contributed by atoms with van der Waals surface area (Å²) >= 11 is 0. The molecule has 0 radical (unpaired) electrons.